The number of carbonyl (C=O) groups is 2. The highest BCUT2D eigenvalue weighted by atomic mass is 16.5. The second-order valence-corrected chi connectivity index (χ2v) is 5.53. The van der Waals surface area contributed by atoms with Gasteiger partial charge in [0.1, 0.15) is 6.29 Å². The first-order valence-electron chi connectivity index (χ1n) is 7.97. The molecule has 0 saturated carbocycles. The molecule has 0 aliphatic heterocycles. The maximum absolute atomic E-state index is 11.7. The molecule has 0 radical (unpaired) electrons. The van der Waals surface area contributed by atoms with Crippen molar-refractivity contribution in [3.8, 4) is 0 Å². The third kappa shape index (κ3) is 5.87. The van der Waals surface area contributed by atoms with Gasteiger partial charge >= 0.3 is 5.97 Å². The molecule has 6 heteroatoms. The number of rotatable bonds is 10. The Morgan fingerprint density at radius 1 is 1.50 bits per heavy atom. The van der Waals surface area contributed by atoms with Crippen LogP contribution >= 0.6 is 0 Å². The quantitative estimate of drug-likeness (QED) is 0.354. The molecule has 0 unspecified atom stereocenters. The predicted molar refractivity (Wildman–Crippen MR) is 84.4 cm³/mol. The summed E-state index contributed by atoms with van der Waals surface area (Å²) in [7, 11) is 1.36. The fourth-order valence-corrected chi connectivity index (χ4v) is 2.58. The van der Waals surface area contributed by atoms with Crippen LogP contribution in [0.1, 0.15) is 39.0 Å². The number of hydrogen-bond donors (Lipinski definition) is 2. The molecule has 1 aliphatic rings. The van der Waals surface area contributed by atoms with Crippen LogP contribution < -0.4 is 11.1 Å². The zero-order valence-electron chi connectivity index (χ0n) is 13.5. The molecule has 126 valence electrons. The van der Waals surface area contributed by atoms with Gasteiger partial charge in [0.05, 0.1) is 19.3 Å². The SMILES string of the molecule is CCCCCO[C@@H]1C=C(C(=O)OC)C[C@H](N)[C@H]1NCCC=O. The van der Waals surface area contributed by atoms with Crippen molar-refractivity contribution in [1.29, 1.82) is 0 Å². The van der Waals surface area contributed by atoms with Crippen LogP contribution in [0.2, 0.25) is 0 Å². The molecule has 3 N–H and O–H groups in total. The van der Waals surface area contributed by atoms with E-state index in [4.69, 9.17) is 15.2 Å². The van der Waals surface area contributed by atoms with Gasteiger partial charge in [-0.15, -0.1) is 0 Å². The summed E-state index contributed by atoms with van der Waals surface area (Å²) in [5.74, 6) is -0.357. The number of nitrogens with two attached hydrogens (primary N) is 1. The summed E-state index contributed by atoms with van der Waals surface area (Å²) >= 11 is 0. The summed E-state index contributed by atoms with van der Waals surface area (Å²) in [6.45, 7) is 3.32. The molecular weight excluding hydrogens is 284 g/mol. The molecule has 0 spiro atoms. The first-order valence-corrected chi connectivity index (χ1v) is 7.97. The van der Waals surface area contributed by atoms with Gasteiger partial charge < -0.3 is 25.3 Å². The van der Waals surface area contributed by atoms with Crippen molar-refractivity contribution in [3.63, 3.8) is 0 Å². The number of unbranched alkanes of at least 4 members (excludes halogenated alkanes) is 2. The highest BCUT2D eigenvalue weighted by Gasteiger charge is 2.33. The predicted octanol–water partition coefficient (Wildman–Crippen LogP) is 0.939. The van der Waals surface area contributed by atoms with E-state index in [1.165, 1.54) is 7.11 Å². The smallest absolute Gasteiger partial charge is 0.333 e. The number of esters is 1. The van der Waals surface area contributed by atoms with Gasteiger partial charge in [-0.1, -0.05) is 19.8 Å². The average molecular weight is 312 g/mol. The van der Waals surface area contributed by atoms with Crippen molar-refractivity contribution in [2.45, 2.75) is 57.2 Å². The second-order valence-electron chi connectivity index (χ2n) is 5.53. The van der Waals surface area contributed by atoms with Gasteiger partial charge in [-0.05, 0) is 18.9 Å². The summed E-state index contributed by atoms with van der Waals surface area (Å²) < 4.78 is 10.7. The zero-order chi connectivity index (χ0) is 16.4. The summed E-state index contributed by atoms with van der Waals surface area (Å²) in [5, 5.41) is 3.26. The second kappa shape index (κ2) is 10.5. The summed E-state index contributed by atoms with van der Waals surface area (Å²) in [4.78, 5) is 22.2. The Morgan fingerprint density at radius 2 is 2.27 bits per heavy atom. The lowest BCUT2D eigenvalue weighted by Crippen LogP contribution is -2.55. The van der Waals surface area contributed by atoms with Crippen molar-refractivity contribution in [3.05, 3.63) is 11.6 Å². The maximum atomic E-state index is 11.7. The number of methoxy groups -OCH3 is 1. The van der Waals surface area contributed by atoms with Crippen molar-refractivity contribution in [2.24, 2.45) is 5.73 Å². The highest BCUT2D eigenvalue weighted by molar-refractivity contribution is 5.88. The third-order valence-corrected chi connectivity index (χ3v) is 3.78. The molecule has 22 heavy (non-hydrogen) atoms. The molecule has 1 aliphatic carbocycles. The number of nitrogens with one attached hydrogen (secondary N) is 1. The molecule has 3 atom stereocenters. The Morgan fingerprint density at radius 3 is 2.91 bits per heavy atom. The van der Waals surface area contributed by atoms with Crippen molar-refractivity contribution < 1.29 is 19.1 Å². The molecule has 0 aromatic rings. The summed E-state index contributed by atoms with van der Waals surface area (Å²) in [6, 6.07) is -0.350. The van der Waals surface area contributed by atoms with Gasteiger partial charge in [0.2, 0.25) is 0 Å². The fourth-order valence-electron chi connectivity index (χ4n) is 2.58. The van der Waals surface area contributed by atoms with Crippen LogP contribution in [0.25, 0.3) is 0 Å². The van der Waals surface area contributed by atoms with Crippen molar-refractivity contribution in [2.75, 3.05) is 20.3 Å². The van der Waals surface area contributed by atoms with Crippen LogP contribution in [0.3, 0.4) is 0 Å². The van der Waals surface area contributed by atoms with Crippen LogP contribution in [0, 0.1) is 0 Å². The van der Waals surface area contributed by atoms with E-state index in [1.54, 1.807) is 6.08 Å². The van der Waals surface area contributed by atoms with Crippen LogP contribution in [0.5, 0.6) is 0 Å². The lowest BCUT2D eigenvalue weighted by molar-refractivity contribution is -0.136. The normalized spacial score (nSPS) is 24.7. The van der Waals surface area contributed by atoms with E-state index in [0.29, 0.717) is 31.6 Å². The first-order chi connectivity index (χ1) is 10.6. The Hall–Kier alpha value is -1.24. The average Bonchev–Trinajstić information content (AvgIpc) is 2.52. The lowest BCUT2D eigenvalue weighted by Gasteiger charge is -2.35. The topological polar surface area (TPSA) is 90.7 Å². The van der Waals surface area contributed by atoms with Gasteiger partial charge in [0.15, 0.2) is 0 Å². The molecule has 0 aromatic heterocycles. The van der Waals surface area contributed by atoms with Crippen LogP contribution in [0.4, 0.5) is 0 Å². The van der Waals surface area contributed by atoms with Crippen LogP contribution in [-0.2, 0) is 19.1 Å². The fraction of sp³-hybridized carbons (Fsp3) is 0.750. The summed E-state index contributed by atoms with van der Waals surface area (Å²) in [5.41, 5.74) is 6.74. The lowest BCUT2D eigenvalue weighted by atomic mass is 9.88. The van der Waals surface area contributed by atoms with E-state index in [9.17, 15) is 9.59 Å². The summed E-state index contributed by atoms with van der Waals surface area (Å²) in [6.07, 6.45) is 6.48. The van der Waals surface area contributed by atoms with E-state index < -0.39 is 0 Å². The van der Waals surface area contributed by atoms with Gasteiger partial charge in [-0.3, -0.25) is 0 Å². The molecule has 0 aromatic carbocycles. The largest absolute Gasteiger partial charge is 0.466 e. The Balaban J connectivity index is 2.71. The van der Waals surface area contributed by atoms with Gasteiger partial charge in [-0.2, -0.15) is 0 Å². The van der Waals surface area contributed by atoms with Crippen LogP contribution in [0.15, 0.2) is 11.6 Å². The molecule has 0 amide bonds. The zero-order valence-corrected chi connectivity index (χ0v) is 13.5. The molecule has 0 bridgehead atoms. The van der Waals surface area contributed by atoms with Crippen molar-refractivity contribution in [1.82, 2.24) is 5.32 Å². The number of ether oxygens (including phenoxy) is 2. The van der Waals surface area contributed by atoms with Gasteiger partial charge in [0, 0.05) is 31.2 Å². The van der Waals surface area contributed by atoms with Gasteiger partial charge in [0.25, 0.3) is 0 Å². The molecular formula is C16H28N2O4. The highest BCUT2D eigenvalue weighted by Crippen LogP contribution is 2.22. The van der Waals surface area contributed by atoms with Crippen molar-refractivity contribution >= 4 is 12.3 Å². The Kier molecular flexibility index (Phi) is 8.96. The first kappa shape index (κ1) is 18.8. The minimum atomic E-state index is -0.357. The monoisotopic (exact) mass is 312 g/mol. The van der Waals surface area contributed by atoms with E-state index in [-0.39, 0.29) is 24.2 Å². The van der Waals surface area contributed by atoms with Gasteiger partial charge in [-0.25, -0.2) is 4.79 Å². The standard InChI is InChI=1S/C16H28N2O4/c1-3-4-5-9-22-14-11-12(16(20)21-2)10-13(17)15(14)18-7-6-8-19/h8,11,13-15,18H,3-7,9-10,17H2,1-2H3/t13-,14+,15+/m0/s1. The van der Waals surface area contributed by atoms with E-state index in [0.717, 1.165) is 25.5 Å². The van der Waals surface area contributed by atoms with E-state index >= 15 is 0 Å². The van der Waals surface area contributed by atoms with Crippen LogP contribution in [-0.4, -0.2) is 50.7 Å². The molecule has 0 saturated heterocycles. The third-order valence-electron chi connectivity index (χ3n) is 3.78. The molecule has 6 nitrogen and oxygen atoms in total. The molecule has 0 fully saturated rings. The Bertz CT molecular complexity index is 384. The minimum Gasteiger partial charge on any atom is -0.466 e. The molecule has 1 rings (SSSR count). The molecule has 0 heterocycles. The number of carbonyl (C=O) groups excluding carboxylic acids is 2. The minimum absolute atomic E-state index is 0.102. The number of aldehydes is 1. The number of hydrogen-bond acceptors (Lipinski definition) is 6. The van der Waals surface area contributed by atoms with E-state index in [1.807, 2.05) is 0 Å². The van der Waals surface area contributed by atoms with E-state index in [2.05, 4.69) is 12.2 Å². The maximum Gasteiger partial charge on any atom is 0.333 e. The Labute approximate surface area is 132 Å².